The van der Waals surface area contributed by atoms with E-state index in [9.17, 15) is 5.11 Å². The van der Waals surface area contributed by atoms with Gasteiger partial charge in [-0.15, -0.1) is 0 Å². The van der Waals surface area contributed by atoms with E-state index in [2.05, 4.69) is 10.3 Å². The number of aryl methyl sites for hydroxylation is 1. The van der Waals surface area contributed by atoms with Gasteiger partial charge in [-0.25, -0.2) is 4.98 Å². The highest BCUT2D eigenvalue weighted by Gasteiger charge is 2.10. The molecule has 0 saturated heterocycles. The lowest BCUT2D eigenvalue weighted by Crippen LogP contribution is -2.18. The van der Waals surface area contributed by atoms with Gasteiger partial charge in [-0.2, -0.15) is 0 Å². The molecule has 4 nitrogen and oxygen atoms in total. The van der Waals surface area contributed by atoms with Crippen molar-refractivity contribution in [1.29, 1.82) is 0 Å². The summed E-state index contributed by atoms with van der Waals surface area (Å²) in [5.74, 6) is 1.78. The molecule has 0 aliphatic rings. The molecule has 1 aromatic heterocycles. The Bertz CT molecular complexity index is 494. The Morgan fingerprint density at radius 2 is 2.29 bits per heavy atom. The normalized spacial score (nSPS) is 12.6. The molecule has 1 atom stereocenters. The predicted molar refractivity (Wildman–Crippen MR) is 64.6 cm³/mol. The third kappa shape index (κ3) is 3.07. The van der Waals surface area contributed by atoms with E-state index >= 15 is 0 Å². The van der Waals surface area contributed by atoms with Gasteiger partial charge in [0.1, 0.15) is 11.5 Å². The quantitative estimate of drug-likeness (QED) is 0.850. The summed E-state index contributed by atoms with van der Waals surface area (Å²) >= 11 is 0. The summed E-state index contributed by atoms with van der Waals surface area (Å²) in [7, 11) is 0. The number of benzene rings is 1. The van der Waals surface area contributed by atoms with E-state index in [0.717, 1.165) is 11.3 Å². The van der Waals surface area contributed by atoms with Crippen LogP contribution in [-0.4, -0.2) is 10.1 Å². The Morgan fingerprint density at radius 1 is 1.47 bits per heavy atom. The van der Waals surface area contributed by atoms with Gasteiger partial charge in [0.25, 0.3) is 0 Å². The van der Waals surface area contributed by atoms with Crippen LogP contribution < -0.4 is 5.32 Å². The molecular weight excluding hydrogens is 216 g/mol. The standard InChI is InChI=1S/C13H16N2O2/c1-9-7-15-13(17-9)10(2)14-8-11-4-3-5-12(16)6-11/h3-7,10,14,16H,8H2,1-2H3. The second-order valence-electron chi connectivity index (χ2n) is 4.08. The molecule has 1 heterocycles. The number of aromatic hydroxyl groups is 1. The molecule has 1 unspecified atom stereocenters. The number of nitrogens with one attached hydrogen (secondary N) is 1. The molecule has 0 radical (unpaired) electrons. The van der Waals surface area contributed by atoms with E-state index in [-0.39, 0.29) is 11.8 Å². The monoisotopic (exact) mass is 232 g/mol. The number of rotatable bonds is 4. The topological polar surface area (TPSA) is 58.3 Å². The van der Waals surface area contributed by atoms with Crippen molar-refractivity contribution in [2.24, 2.45) is 0 Å². The molecule has 2 N–H and O–H groups in total. The lowest BCUT2D eigenvalue weighted by atomic mass is 10.2. The summed E-state index contributed by atoms with van der Waals surface area (Å²) in [4.78, 5) is 4.17. The van der Waals surface area contributed by atoms with E-state index in [1.807, 2.05) is 26.0 Å². The molecule has 0 amide bonds. The molecule has 0 spiro atoms. The van der Waals surface area contributed by atoms with Gasteiger partial charge in [0, 0.05) is 6.54 Å². The highest BCUT2D eigenvalue weighted by molar-refractivity contribution is 5.27. The van der Waals surface area contributed by atoms with Crippen molar-refractivity contribution in [3.05, 3.63) is 47.7 Å². The highest BCUT2D eigenvalue weighted by Crippen LogP contribution is 2.14. The first-order chi connectivity index (χ1) is 8.15. The van der Waals surface area contributed by atoms with E-state index in [4.69, 9.17) is 4.42 Å². The van der Waals surface area contributed by atoms with Crippen LogP contribution in [-0.2, 0) is 6.54 Å². The lowest BCUT2D eigenvalue weighted by molar-refractivity contribution is 0.402. The van der Waals surface area contributed by atoms with Crippen LogP contribution in [0.3, 0.4) is 0 Å². The molecule has 2 aromatic rings. The molecule has 1 aromatic carbocycles. The molecular formula is C13H16N2O2. The van der Waals surface area contributed by atoms with Crippen molar-refractivity contribution in [3.63, 3.8) is 0 Å². The SMILES string of the molecule is Cc1cnc(C(C)NCc2cccc(O)c2)o1. The molecule has 4 heteroatoms. The maximum Gasteiger partial charge on any atom is 0.211 e. The Labute approximate surface area is 100 Å². The van der Waals surface area contributed by atoms with Crippen molar-refractivity contribution in [2.45, 2.75) is 26.4 Å². The fraction of sp³-hybridized carbons (Fsp3) is 0.308. The Morgan fingerprint density at radius 3 is 2.94 bits per heavy atom. The summed E-state index contributed by atoms with van der Waals surface area (Å²) in [6.07, 6.45) is 1.71. The number of hydrogen-bond donors (Lipinski definition) is 2. The van der Waals surface area contributed by atoms with E-state index in [1.54, 1.807) is 18.3 Å². The highest BCUT2D eigenvalue weighted by atomic mass is 16.4. The van der Waals surface area contributed by atoms with Crippen LogP contribution in [0, 0.1) is 6.92 Å². The molecule has 90 valence electrons. The maximum atomic E-state index is 9.34. The third-order valence-electron chi connectivity index (χ3n) is 2.53. The number of phenolic OH excluding ortho intramolecular Hbond substituents is 1. The van der Waals surface area contributed by atoms with Crippen LogP contribution in [0.15, 0.2) is 34.9 Å². The van der Waals surface area contributed by atoms with Crippen LogP contribution in [0.1, 0.15) is 30.2 Å². The van der Waals surface area contributed by atoms with Gasteiger partial charge in [-0.3, -0.25) is 0 Å². The van der Waals surface area contributed by atoms with Crippen LogP contribution in [0.2, 0.25) is 0 Å². The second-order valence-corrected chi connectivity index (χ2v) is 4.08. The van der Waals surface area contributed by atoms with Gasteiger partial charge in [0.05, 0.1) is 12.2 Å². The fourth-order valence-electron chi connectivity index (χ4n) is 1.60. The average Bonchev–Trinajstić information content (AvgIpc) is 2.73. The van der Waals surface area contributed by atoms with Crippen molar-refractivity contribution < 1.29 is 9.52 Å². The van der Waals surface area contributed by atoms with E-state index in [0.29, 0.717) is 12.4 Å². The van der Waals surface area contributed by atoms with Gasteiger partial charge < -0.3 is 14.8 Å². The Kier molecular flexibility index (Phi) is 3.44. The van der Waals surface area contributed by atoms with Crippen LogP contribution in [0.4, 0.5) is 0 Å². The number of nitrogens with zero attached hydrogens (tertiary/aromatic N) is 1. The number of hydrogen-bond acceptors (Lipinski definition) is 4. The van der Waals surface area contributed by atoms with Crippen molar-refractivity contribution in [3.8, 4) is 5.75 Å². The van der Waals surface area contributed by atoms with Gasteiger partial charge in [0.2, 0.25) is 5.89 Å². The van der Waals surface area contributed by atoms with Crippen molar-refractivity contribution in [2.75, 3.05) is 0 Å². The van der Waals surface area contributed by atoms with Crippen LogP contribution in [0.5, 0.6) is 5.75 Å². The summed E-state index contributed by atoms with van der Waals surface area (Å²) in [5, 5.41) is 12.6. The first kappa shape index (κ1) is 11.7. The molecule has 17 heavy (non-hydrogen) atoms. The summed E-state index contributed by atoms with van der Waals surface area (Å²) in [6, 6.07) is 7.23. The first-order valence-electron chi connectivity index (χ1n) is 5.59. The first-order valence-corrected chi connectivity index (χ1v) is 5.59. The van der Waals surface area contributed by atoms with Gasteiger partial charge in [0.15, 0.2) is 0 Å². The summed E-state index contributed by atoms with van der Waals surface area (Å²) < 4.78 is 5.43. The Balaban J connectivity index is 1.94. The molecule has 0 aliphatic heterocycles. The van der Waals surface area contributed by atoms with Gasteiger partial charge >= 0.3 is 0 Å². The Hall–Kier alpha value is -1.81. The maximum absolute atomic E-state index is 9.34. The molecule has 0 aliphatic carbocycles. The minimum Gasteiger partial charge on any atom is -0.508 e. The van der Waals surface area contributed by atoms with Crippen molar-refractivity contribution >= 4 is 0 Å². The van der Waals surface area contributed by atoms with E-state index in [1.165, 1.54) is 0 Å². The summed E-state index contributed by atoms with van der Waals surface area (Å²) in [6.45, 7) is 4.53. The zero-order valence-corrected chi connectivity index (χ0v) is 9.97. The number of phenols is 1. The van der Waals surface area contributed by atoms with Crippen LogP contribution in [0.25, 0.3) is 0 Å². The molecule has 0 bridgehead atoms. The predicted octanol–water partition coefficient (Wildman–Crippen LogP) is 2.54. The largest absolute Gasteiger partial charge is 0.508 e. The minimum atomic E-state index is 0.0473. The number of aromatic nitrogens is 1. The number of oxazole rings is 1. The van der Waals surface area contributed by atoms with Gasteiger partial charge in [-0.05, 0) is 31.5 Å². The van der Waals surface area contributed by atoms with Crippen LogP contribution >= 0.6 is 0 Å². The fourth-order valence-corrected chi connectivity index (χ4v) is 1.60. The third-order valence-corrected chi connectivity index (χ3v) is 2.53. The summed E-state index contributed by atoms with van der Waals surface area (Å²) in [5.41, 5.74) is 1.03. The minimum absolute atomic E-state index is 0.0473. The zero-order valence-electron chi connectivity index (χ0n) is 9.97. The second kappa shape index (κ2) is 5.01. The smallest absolute Gasteiger partial charge is 0.211 e. The zero-order chi connectivity index (χ0) is 12.3. The molecule has 0 saturated carbocycles. The molecule has 2 rings (SSSR count). The average molecular weight is 232 g/mol. The van der Waals surface area contributed by atoms with E-state index < -0.39 is 0 Å². The molecule has 0 fully saturated rings. The lowest BCUT2D eigenvalue weighted by Gasteiger charge is -2.10. The van der Waals surface area contributed by atoms with Crippen molar-refractivity contribution in [1.82, 2.24) is 10.3 Å². The van der Waals surface area contributed by atoms with Gasteiger partial charge in [-0.1, -0.05) is 12.1 Å².